The molecule has 0 rings (SSSR count). The maximum Gasteiger partial charge on any atom is 0.334 e. The van der Waals surface area contributed by atoms with Crippen LogP contribution in [-0.2, 0) is 19.1 Å². The van der Waals surface area contributed by atoms with Gasteiger partial charge < -0.3 is 29.9 Å². The van der Waals surface area contributed by atoms with Crippen LogP contribution in [-0.4, -0.2) is 71.5 Å². The average molecular weight is 314 g/mol. The number of ether oxygens (including phenoxy) is 2. The van der Waals surface area contributed by atoms with Crippen molar-refractivity contribution in [1.82, 2.24) is 0 Å². The minimum absolute atomic E-state index is 0.139. The number of carboxylic acid groups (broad SMARTS) is 1. The van der Waals surface area contributed by atoms with Crippen molar-refractivity contribution in [2.75, 3.05) is 20.8 Å². The summed E-state index contributed by atoms with van der Waals surface area (Å²) in [5, 5.41) is 32.0. The number of aliphatic hydroxyl groups excluding tert-OH is 3. The molecule has 0 bridgehead atoms. The Hall–Kier alpha value is -1.22. The summed E-state index contributed by atoms with van der Waals surface area (Å²) < 4.78 is 8.87. The highest BCUT2D eigenvalue weighted by Crippen LogP contribution is 1.92. The second-order valence-corrected chi connectivity index (χ2v) is 4.12. The Morgan fingerprint density at radius 3 is 1.33 bits per heavy atom. The summed E-state index contributed by atoms with van der Waals surface area (Å²) in [4.78, 5) is 19.5. The maximum atomic E-state index is 10.5. The lowest BCUT2D eigenvalue weighted by molar-refractivity contribution is -0.156. The summed E-state index contributed by atoms with van der Waals surface area (Å²) in [6.07, 6.45) is -1.71. The van der Waals surface area contributed by atoms with Crippen LogP contribution in [0, 0.1) is 0 Å². The van der Waals surface area contributed by atoms with E-state index in [1.807, 2.05) is 0 Å². The van der Waals surface area contributed by atoms with Gasteiger partial charge in [-0.1, -0.05) is 0 Å². The molecule has 0 heterocycles. The van der Waals surface area contributed by atoms with E-state index in [1.165, 1.54) is 13.8 Å². The summed E-state index contributed by atoms with van der Waals surface area (Å²) in [5.74, 6) is -1.40. The van der Waals surface area contributed by atoms with E-state index in [0.29, 0.717) is 0 Å². The topological polar surface area (TPSA) is 134 Å². The molecule has 0 aromatic heterocycles. The molecule has 21 heavy (non-hydrogen) atoms. The summed E-state index contributed by atoms with van der Waals surface area (Å²) in [6, 6.07) is 0. The van der Waals surface area contributed by atoms with Gasteiger partial charge in [0, 0.05) is 21.1 Å². The Morgan fingerprint density at radius 2 is 1.29 bits per heavy atom. The van der Waals surface area contributed by atoms with E-state index in [-0.39, 0.29) is 12.7 Å². The van der Waals surface area contributed by atoms with Gasteiger partial charge in [0.15, 0.2) is 0 Å². The van der Waals surface area contributed by atoms with Gasteiger partial charge in [0.05, 0.1) is 18.8 Å². The predicted molar refractivity (Wildman–Crippen MR) is 77.9 cm³/mol. The van der Waals surface area contributed by atoms with Crippen LogP contribution in [0.1, 0.15) is 34.6 Å². The van der Waals surface area contributed by atoms with Crippen molar-refractivity contribution in [2.24, 2.45) is 0 Å². The van der Waals surface area contributed by atoms with E-state index in [0.717, 1.165) is 6.92 Å². The highest BCUT2D eigenvalue weighted by atomic mass is 16.6. The number of aliphatic hydroxyl groups is 3. The van der Waals surface area contributed by atoms with Crippen molar-refractivity contribution < 1.29 is 39.5 Å². The van der Waals surface area contributed by atoms with Crippen LogP contribution >= 0.6 is 0 Å². The first-order chi connectivity index (χ1) is 9.45. The van der Waals surface area contributed by atoms with Gasteiger partial charge in [0.25, 0.3) is 5.97 Å². The molecule has 2 atom stereocenters. The zero-order valence-corrected chi connectivity index (χ0v) is 13.9. The summed E-state index contributed by atoms with van der Waals surface area (Å²) >= 11 is 0. The third kappa shape index (κ3) is 68.6. The average Bonchev–Trinajstić information content (AvgIpc) is 2.29. The molecule has 4 N–H and O–H groups in total. The van der Waals surface area contributed by atoms with Crippen LogP contribution in [0.4, 0.5) is 0 Å². The molecule has 8 nitrogen and oxygen atoms in total. The van der Waals surface area contributed by atoms with E-state index in [2.05, 4.69) is 9.47 Å². The maximum absolute atomic E-state index is 10.5. The number of carbonyl (C=O) groups excluding carboxylic acids is 1. The monoisotopic (exact) mass is 314 g/mol. The molecule has 0 aromatic carbocycles. The zero-order chi connectivity index (χ0) is 18.0. The molecule has 130 valence electrons. The SMILES string of the molecule is CC(=O)O.CC(C)OC(=O)C(C)O.CC(O)CO.COC. The fraction of sp³-hybridized carbons (Fsp3) is 0.846. The molecule has 0 saturated carbocycles. The van der Waals surface area contributed by atoms with Gasteiger partial charge in [-0.2, -0.15) is 0 Å². The van der Waals surface area contributed by atoms with Gasteiger partial charge in [0.2, 0.25) is 0 Å². The number of esters is 1. The molecule has 0 aliphatic heterocycles. The summed E-state index contributed by atoms with van der Waals surface area (Å²) in [6.45, 7) is 7.32. The quantitative estimate of drug-likeness (QED) is 0.536. The van der Waals surface area contributed by atoms with Crippen LogP contribution in [0.5, 0.6) is 0 Å². The highest BCUT2D eigenvalue weighted by molar-refractivity contribution is 5.73. The molecule has 0 fully saturated rings. The molecule has 0 amide bonds. The number of methoxy groups -OCH3 is 1. The van der Waals surface area contributed by atoms with E-state index in [4.69, 9.17) is 25.2 Å². The fourth-order valence-electron chi connectivity index (χ4n) is 0.331. The van der Waals surface area contributed by atoms with Crippen molar-refractivity contribution in [1.29, 1.82) is 0 Å². The molecule has 0 radical (unpaired) electrons. The van der Waals surface area contributed by atoms with Gasteiger partial charge >= 0.3 is 5.97 Å². The van der Waals surface area contributed by atoms with E-state index in [1.54, 1.807) is 28.1 Å². The normalized spacial score (nSPS) is 11.4. The van der Waals surface area contributed by atoms with E-state index >= 15 is 0 Å². The molecule has 0 saturated heterocycles. The number of aliphatic carboxylic acids is 1. The molecule has 0 aromatic rings. The molecule has 0 spiro atoms. The largest absolute Gasteiger partial charge is 0.481 e. The predicted octanol–water partition coefficient (Wildman–Crippen LogP) is 0.0318. The van der Waals surface area contributed by atoms with Crippen LogP contribution in [0.2, 0.25) is 0 Å². The van der Waals surface area contributed by atoms with E-state index in [9.17, 15) is 4.79 Å². The Bertz CT molecular complexity index is 222. The van der Waals surface area contributed by atoms with Crippen molar-refractivity contribution in [3.63, 3.8) is 0 Å². The summed E-state index contributed by atoms with van der Waals surface area (Å²) in [7, 11) is 3.25. The number of rotatable bonds is 3. The van der Waals surface area contributed by atoms with Gasteiger partial charge in [-0.15, -0.1) is 0 Å². The number of hydrogen-bond donors (Lipinski definition) is 4. The minimum atomic E-state index is -1.01. The summed E-state index contributed by atoms with van der Waals surface area (Å²) in [5.41, 5.74) is 0. The second kappa shape index (κ2) is 21.1. The van der Waals surface area contributed by atoms with Crippen LogP contribution < -0.4 is 0 Å². The Labute approximate surface area is 126 Å². The first kappa shape index (κ1) is 28.0. The Balaban J connectivity index is -0.000000102. The minimum Gasteiger partial charge on any atom is -0.481 e. The lowest BCUT2D eigenvalue weighted by Gasteiger charge is -2.08. The highest BCUT2D eigenvalue weighted by Gasteiger charge is 2.10. The van der Waals surface area contributed by atoms with Crippen LogP contribution in [0.15, 0.2) is 0 Å². The van der Waals surface area contributed by atoms with Crippen molar-refractivity contribution in [2.45, 2.75) is 52.9 Å². The molecular weight excluding hydrogens is 284 g/mol. The molecule has 0 aliphatic rings. The van der Waals surface area contributed by atoms with Crippen molar-refractivity contribution in [3.8, 4) is 0 Å². The third-order valence-corrected chi connectivity index (χ3v) is 0.957. The fourth-order valence-corrected chi connectivity index (χ4v) is 0.331. The molecular formula is C13H30O8. The number of carboxylic acids is 1. The zero-order valence-electron chi connectivity index (χ0n) is 13.9. The first-order valence-electron chi connectivity index (χ1n) is 6.23. The van der Waals surface area contributed by atoms with Crippen molar-refractivity contribution >= 4 is 11.9 Å². The molecule has 2 unspecified atom stereocenters. The second-order valence-electron chi connectivity index (χ2n) is 4.12. The Kier molecular flexibility index (Phi) is 28.1. The van der Waals surface area contributed by atoms with Crippen molar-refractivity contribution in [3.05, 3.63) is 0 Å². The lowest BCUT2D eigenvalue weighted by Crippen LogP contribution is -2.22. The van der Waals surface area contributed by atoms with Crippen LogP contribution in [0.3, 0.4) is 0 Å². The standard InChI is InChI=1S/C6H12O3.C3H8O2.C2H4O2.C2H6O/c1-4(2)9-6(8)5(3)7;1-3(5)2-4;1-2(3)4;1-3-2/h4-5,7H,1-3H3;3-5H,2H2,1H3;1H3,(H,3,4);1-2H3. The van der Waals surface area contributed by atoms with Gasteiger partial charge in [-0.3, -0.25) is 4.79 Å². The smallest absolute Gasteiger partial charge is 0.334 e. The van der Waals surface area contributed by atoms with Gasteiger partial charge in [0.1, 0.15) is 6.10 Å². The van der Waals surface area contributed by atoms with E-state index < -0.39 is 24.1 Å². The number of carbonyl (C=O) groups is 2. The number of hydrogen-bond acceptors (Lipinski definition) is 7. The van der Waals surface area contributed by atoms with Gasteiger partial charge in [-0.25, -0.2) is 4.79 Å². The molecule has 8 heteroatoms. The van der Waals surface area contributed by atoms with Crippen LogP contribution in [0.25, 0.3) is 0 Å². The first-order valence-corrected chi connectivity index (χ1v) is 6.23. The van der Waals surface area contributed by atoms with Gasteiger partial charge in [-0.05, 0) is 27.7 Å². The third-order valence-electron chi connectivity index (χ3n) is 0.957. The molecule has 0 aliphatic carbocycles. The lowest BCUT2D eigenvalue weighted by atomic mass is 10.4. The Morgan fingerprint density at radius 1 is 1.05 bits per heavy atom.